The molecule has 1 aromatic heterocycles. The average molecular weight is 391 g/mol. The number of anilines is 1. The van der Waals surface area contributed by atoms with Gasteiger partial charge in [0, 0.05) is 19.7 Å². The molecule has 0 saturated carbocycles. The Morgan fingerprint density at radius 2 is 1.85 bits per heavy atom. The lowest BCUT2D eigenvalue weighted by molar-refractivity contribution is 0.102. The molecule has 0 fully saturated rings. The van der Waals surface area contributed by atoms with Gasteiger partial charge in [0.25, 0.3) is 5.91 Å². The lowest BCUT2D eigenvalue weighted by atomic mass is 10.2. The SMILES string of the molecule is COc1cccc2sc(NC(=O)c3ccc(S(=O)(=O)N(C)C)cc3)nc12. The maximum atomic E-state index is 12.4. The van der Waals surface area contributed by atoms with Crippen LogP contribution in [0.3, 0.4) is 0 Å². The number of ether oxygens (including phenoxy) is 1. The van der Waals surface area contributed by atoms with Crippen LogP contribution in [-0.4, -0.2) is 44.8 Å². The van der Waals surface area contributed by atoms with Crippen molar-refractivity contribution in [3.8, 4) is 5.75 Å². The van der Waals surface area contributed by atoms with Gasteiger partial charge in [-0.25, -0.2) is 17.7 Å². The number of nitrogens with zero attached hydrogens (tertiary/aromatic N) is 2. The number of carbonyl (C=O) groups excluding carboxylic acids is 1. The van der Waals surface area contributed by atoms with Crippen LogP contribution in [-0.2, 0) is 10.0 Å². The fourth-order valence-electron chi connectivity index (χ4n) is 2.30. The summed E-state index contributed by atoms with van der Waals surface area (Å²) in [5.41, 5.74) is 1.02. The van der Waals surface area contributed by atoms with E-state index in [2.05, 4.69) is 10.3 Å². The molecular formula is C17H17N3O4S2. The molecule has 0 aliphatic heterocycles. The molecular weight excluding hydrogens is 374 g/mol. The van der Waals surface area contributed by atoms with Gasteiger partial charge in [-0.2, -0.15) is 0 Å². The summed E-state index contributed by atoms with van der Waals surface area (Å²) in [7, 11) is 0.951. The molecule has 7 nitrogen and oxygen atoms in total. The molecule has 0 spiro atoms. The van der Waals surface area contributed by atoms with E-state index in [1.165, 1.54) is 49.7 Å². The molecule has 0 atom stereocenters. The third kappa shape index (κ3) is 3.41. The molecule has 1 amide bonds. The zero-order valence-corrected chi connectivity index (χ0v) is 16.0. The van der Waals surface area contributed by atoms with E-state index in [4.69, 9.17) is 4.74 Å². The van der Waals surface area contributed by atoms with Crippen LogP contribution in [0.5, 0.6) is 5.75 Å². The van der Waals surface area contributed by atoms with Gasteiger partial charge in [-0.3, -0.25) is 10.1 Å². The van der Waals surface area contributed by atoms with Gasteiger partial charge < -0.3 is 4.74 Å². The minimum absolute atomic E-state index is 0.128. The fourth-order valence-corrected chi connectivity index (χ4v) is 4.08. The normalized spacial score (nSPS) is 11.7. The topological polar surface area (TPSA) is 88.6 Å². The Morgan fingerprint density at radius 3 is 2.46 bits per heavy atom. The zero-order chi connectivity index (χ0) is 18.9. The second kappa shape index (κ2) is 7.02. The summed E-state index contributed by atoms with van der Waals surface area (Å²) in [5, 5.41) is 3.18. The molecule has 0 aliphatic rings. The monoisotopic (exact) mass is 391 g/mol. The predicted molar refractivity (Wildman–Crippen MR) is 101 cm³/mol. The molecule has 0 radical (unpaired) electrons. The van der Waals surface area contributed by atoms with Crippen LogP contribution in [0.4, 0.5) is 5.13 Å². The second-order valence-corrected chi connectivity index (χ2v) is 8.77. The number of hydrogen-bond donors (Lipinski definition) is 1. The average Bonchev–Trinajstić information content (AvgIpc) is 3.03. The van der Waals surface area contributed by atoms with Crippen molar-refractivity contribution < 1.29 is 17.9 Å². The van der Waals surface area contributed by atoms with Gasteiger partial charge in [0.1, 0.15) is 11.3 Å². The van der Waals surface area contributed by atoms with Gasteiger partial charge in [-0.1, -0.05) is 17.4 Å². The van der Waals surface area contributed by atoms with Gasteiger partial charge in [-0.15, -0.1) is 0 Å². The van der Waals surface area contributed by atoms with Crippen LogP contribution in [0.2, 0.25) is 0 Å². The number of benzene rings is 2. The van der Waals surface area contributed by atoms with Crippen molar-refractivity contribution in [2.45, 2.75) is 4.90 Å². The van der Waals surface area contributed by atoms with Gasteiger partial charge in [-0.05, 0) is 36.4 Å². The highest BCUT2D eigenvalue weighted by Crippen LogP contribution is 2.32. The number of aromatic nitrogens is 1. The quantitative estimate of drug-likeness (QED) is 0.722. The smallest absolute Gasteiger partial charge is 0.257 e. The van der Waals surface area contributed by atoms with Crippen LogP contribution in [0.1, 0.15) is 10.4 Å². The van der Waals surface area contributed by atoms with Crippen molar-refractivity contribution in [1.82, 2.24) is 9.29 Å². The first-order valence-electron chi connectivity index (χ1n) is 7.60. The van der Waals surface area contributed by atoms with Crippen LogP contribution >= 0.6 is 11.3 Å². The van der Waals surface area contributed by atoms with E-state index in [0.29, 0.717) is 22.0 Å². The summed E-state index contributed by atoms with van der Waals surface area (Å²) in [6.07, 6.45) is 0. The summed E-state index contributed by atoms with van der Waals surface area (Å²) in [5.74, 6) is 0.273. The predicted octanol–water partition coefficient (Wildman–Crippen LogP) is 2.81. The van der Waals surface area contributed by atoms with E-state index in [0.717, 1.165) is 9.01 Å². The highest BCUT2D eigenvalue weighted by atomic mass is 32.2. The summed E-state index contributed by atoms with van der Waals surface area (Å²) in [6.45, 7) is 0. The first-order chi connectivity index (χ1) is 12.3. The highest BCUT2D eigenvalue weighted by Gasteiger charge is 2.18. The molecule has 0 aliphatic carbocycles. The first kappa shape index (κ1) is 18.3. The number of amides is 1. The van der Waals surface area contributed by atoms with E-state index in [-0.39, 0.29) is 10.8 Å². The zero-order valence-electron chi connectivity index (χ0n) is 14.4. The van der Waals surface area contributed by atoms with Crippen LogP contribution < -0.4 is 10.1 Å². The number of hydrogen-bond acceptors (Lipinski definition) is 6. The Hall–Kier alpha value is -2.49. The van der Waals surface area contributed by atoms with Crippen molar-refractivity contribution in [2.24, 2.45) is 0 Å². The molecule has 2 aromatic carbocycles. The molecule has 3 aromatic rings. The summed E-state index contributed by atoms with van der Waals surface area (Å²) < 4.78 is 31.4. The molecule has 1 heterocycles. The Kier molecular flexibility index (Phi) is 4.94. The molecule has 3 rings (SSSR count). The van der Waals surface area contributed by atoms with E-state index in [9.17, 15) is 13.2 Å². The Morgan fingerprint density at radius 1 is 1.15 bits per heavy atom. The van der Waals surface area contributed by atoms with Gasteiger partial charge in [0.2, 0.25) is 10.0 Å². The molecule has 0 unspecified atom stereocenters. The van der Waals surface area contributed by atoms with Gasteiger partial charge >= 0.3 is 0 Å². The lowest BCUT2D eigenvalue weighted by Gasteiger charge is -2.11. The third-order valence-corrected chi connectivity index (χ3v) is 6.48. The van der Waals surface area contributed by atoms with Gasteiger partial charge in [0.15, 0.2) is 5.13 Å². The van der Waals surface area contributed by atoms with Crippen LogP contribution in [0, 0.1) is 0 Å². The minimum atomic E-state index is -3.53. The number of methoxy groups -OCH3 is 1. The standard InChI is InChI=1S/C17H17N3O4S2/c1-20(2)26(22,23)12-9-7-11(8-10-12)16(21)19-17-18-15-13(24-3)5-4-6-14(15)25-17/h4-10H,1-3H3,(H,18,19,21). The number of carbonyl (C=O) groups is 1. The Bertz CT molecular complexity index is 1060. The molecule has 1 N–H and O–H groups in total. The number of nitrogens with one attached hydrogen (secondary N) is 1. The number of para-hydroxylation sites is 1. The Balaban J connectivity index is 1.82. The fraction of sp³-hybridized carbons (Fsp3) is 0.176. The summed E-state index contributed by atoms with van der Waals surface area (Å²) in [4.78, 5) is 16.9. The van der Waals surface area contributed by atoms with Crippen molar-refractivity contribution in [1.29, 1.82) is 0 Å². The molecule has 0 bridgehead atoms. The summed E-state index contributed by atoms with van der Waals surface area (Å²) >= 11 is 1.34. The van der Waals surface area contributed by atoms with Crippen molar-refractivity contribution in [2.75, 3.05) is 26.5 Å². The molecule has 0 saturated heterocycles. The van der Waals surface area contributed by atoms with Crippen LogP contribution in [0.15, 0.2) is 47.4 Å². The van der Waals surface area contributed by atoms with E-state index in [1.807, 2.05) is 12.1 Å². The number of sulfonamides is 1. The molecule has 26 heavy (non-hydrogen) atoms. The van der Waals surface area contributed by atoms with E-state index >= 15 is 0 Å². The maximum absolute atomic E-state index is 12.4. The molecule has 9 heteroatoms. The van der Waals surface area contributed by atoms with Crippen molar-refractivity contribution in [3.05, 3.63) is 48.0 Å². The number of rotatable bonds is 5. The maximum Gasteiger partial charge on any atom is 0.257 e. The van der Waals surface area contributed by atoms with Gasteiger partial charge in [0.05, 0.1) is 16.7 Å². The van der Waals surface area contributed by atoms with E-state index < -0.39 is 10.0 Å². The lowest BCUT2D eigenvalue weighted by Crippen LogP contribution is -2.22. The number of fused-ring (bicyclic) bond motifs is 1. The Labute approximate surface area is 155 Å². The highest BCUT2D eigenvalue weighted by molar-refractivity contribution is 7.89. The minimum Gasteiger partial charge on any atom is -0.494 e. The summed E-state index contributed by atoms with van der Waals surface area (Å²) in [6, 6.07) is 11.3. The second-order valence-electron chi connectivity index (χ2n) is 5.59. The van der Waals surface area contributed by atoms with Crippen LogP contribution in [0.25, 0.3) is 10.2 Å². The first-order valence-corrected chi connectivity index (χ1v) is 9.86. The number of thiazole rings is 1. The third-order valence-electron chi connectivity index (χ3n) is 3.72. The van der Waals surface area contributed by atoms with E-state index in [1.54, 1.807) is 13.2 Å². The molecule has 136 valence electrons. The van der Waals surface area contributed by atoms with Crippen molar-refractivity contribution >= 4 is 42.6 Å². The van der Waals surface area contributed by atoms with Crippen molar-refractivity contribution in [3.63, 3.8) is 0 Å². The largest absolute Gasteiger partial charge is 0.494 e.